The van der Waals surface area contributed by atoms with Crippen molar-refractivity contribution in [3.63, 3.8) is 0 Å². The van der Waals surface area contributed by atoms with Crippen LogP contribution in [0.3, 0.4) is 0 Å². The van der Waals surface area contributed by atoms with Gasteiger partial charge in [-0.3, -0.25) is 14.4 Å². The zero-order chi connectivity index (χ0) is 31.7. The van der Waals surface area contributed by atoms with Crippen molar-refractivity contribution in [2.24, 2.45) is 38.9 Å². The molecule has 42 heavy (non-hydrogen) atoms. The van der Waals surface area contributed by atoms with Gasteiger partial charge in [-0.05, 0) is 93.0 Å². The number of likely N-dealkylation sites (tertiary alicyclic amines) is 1. The Morgan fingerprint density at radius 1 is 1.05 bits per heavy atom. The van der Waals surface area contributed by atoms with Crippen LogP contribution in [-0.4, -0.2) is 35.5 Å². The molecule has 0 N–H and O–H groups in total. The zero-order valence-corrected chi connectivity index (χ0v) is 28.4. The minimum atomic E-state index is -0.548. The maximum Gasteiger partial charge on any atom is 0.228 e. The van der Waals surface area contributed by atoms with Crippen molar-refractivity contribution in [1.82, 2.24) is 4.90 Å². The summed E-state index contributed by atoms with van der Waals surface area (Å²) in [4.78, 5) is 41.9. The minimum absolute atomic E-state index is 0.00225. The first kappa shape index (κ1) is 34.3. The van der Waals surface area contributed by atoms with Crippen molar-refractivity contribution in [2.75, 3.05) is 13.1 Å². The number of nitriles is 1. The topological polar surface area (TPSA) is 78.2 Å². The Morgan fingerprint density at radius 2 is 1.64 bits per heavy atom. The Hall–Kier alpha value is -2.22. The Kier molecular flexibility index (Phi) is 10.1. The lowest BCUT2D eigenvalue weighted by Gasteiger charge is -2.59. The lowest BCUT2D eigenvalue weighted by Crippen LogP contribution is -2.53. The van der Waals surface area contributed by atoms with Gasteiger partial charge in [0.15, 0.2) is 11.6 Å². The van der Waals surface area contributed by atoms with Crippen LogP contribution in [0.5, 0.6) is 0 Å². The molecule has 234 valence electrons. The van der Waals surface area contributed by atoms with Crippen molar-refractivity contribution in [3.05, 3.63) is 23.3 Å². The number of ketones is 2. The Balaban J connectivity index is 2.00. The number of allylic oxidation sites excluding steroid dienone is 4. The third-order valence-electron chi connectivity index (χ3n) is 12.1. The molecular formula is C37H58N2O3. The number of hydrogen-bond donors (Lipinski definition) is 0. The van der Waals surface area contributed by atoms with Gasteiger partial charge in [-0.15, -0.1) is 0 Å². The van der Waals surface area contributed by atoms with Gasteiger partial charge in [-0.2, -0.15) is 5.26 Å². The summed E-state index contributed by atoms with van der Waals surface area (Å²) in [6.07, 6.45) is 13.5. The molecule has 0 aromatic carbocycles. The van der Waals surface area contributed by atoms with E-state index in [1.807, 2.05) is 19.1 Å². The Morgan fingerprint density at radius 3 is 2.19 bits per heavy atom. The average Bonchev–Trinajstić information content (AvgIpc) is 3.45. The van der Waals surface area contributed by atoms with Crippen LogP contribution in [0.4, 0.5) is 0 Å². The van der Waals surface area contributed by atoms with Crippen LogP contribution in [0.15, 0.2) is 23.3 Å². The number of carbonyl (C=O) groups is 3. The molecule has 5 atom stereocenters. The first-order chi connectivity index (χ1) is 19.4. The third-order valence-corrected chi connectivity index (χ3v) is 12.1. The number of fused-ring (bicyclic) bond motifs is 1. The summed E-state index contributed by atoms with van der Waals surface area (Å²) in [6, 6.07) is 2.16. The average molecular weight is 579 g/mol. The van der Waals surface area contributed by atoms with Crippen molar-refractivity contribution in [2.45, 2.75) is 133 Å². The summed E-state index contributed by atoms with van der Waals surface area (Å²) in [5.41, 5.74) is -0.0722. The first-order valence-corrected chi connectivity index (χ1v) is 16.6. The van der Waals surface area contributed by atoms with Crippen molar-refractivity contribution in [3.8, 4) is 6.07 Å². The highest BCUT2D eigenvalue weighted by molar-refractivity contribution is 6.02. The lowest BCUT2D eigenvalue weighted by atomic mass is 9.44. The fourth-order valence-electron chi connectivity index (χ4n) is 8.66. The number of rotatable bonds is 11. The molecule has 0 aromatic rings. The van der Waals surface area contributed by atoms with E-state index in [1.54, 1.807) is 6.92 Å². The molecule has 3 rings (SSSR count). The maximum atomic E-state index is 14.1. The number of Topliss-reactive ketones (excluding diaryl/α,β-unsaturated/α-hetero) is 1. The second-order valence-electron chi connectivity index (χ2n) is 16.1. The summed E-state index contributed by atoms with van der Waals surface area (Å²) in [5.74, 6) is 0.0271. The molecule has 5 nitrogen and oxygen atoms in total. The van der Waals surface area contributed by atoms with E-state index in [0.29, 0.717) is 5.91 Å². The number of carbonyl (C=O) groups excluding carboxylic acids is 3. The van der Waals surface area contributed by atoms with Crippen LogP contribution in [0.2, 0.25) is 0 Å². The van der Waals surface area contributed by atoms with Crippen molar-refractivity contribution in [1.29, 1.82) is 5.26 Å². The first-order valence-electron chi connectivity index (χ1n) is 16.6. The van der Waals surface area contributed by atoms with Gasteiger partial charge in [-0.25, -0.2) is 0 Å². The second-order valence-corrected chi connectivity index (χ2v) is 16.1. The molecule has 2 fully saturated rings. The van der Waals surface area contributed by atoms with Crippen LogP contribution in [0, 0.1) is 50.2 Å². The Labute approximate surface area is 256 Å². The van der Waals surface area contributed by atoms with E-state index >= 15 is 0 Å². The quantitative estimate of drug-likeness (QED) is 0.230. The van der Waals surface area contributed by atoms with Crippen LogP contribution in [0.25, 0.3) is 0 Å². The van der Waals surface area contributed by atoms with Gasteiger partial charge in [0, 0.05) is 29.8 Å². The van der Waals surface area contributed by atoms with E-state index in [2.05, 4.69) is 66.4 Å². The van der Waals surface area contributed by atoms with Crippen LogP contribution < -0.4 is 0 Å². The fraction of sp³-hybridized carbons (Fsp3) is 0.784. The van der Waals surface area contributed by atoms with Gasteiger partial charge < -0.3 is 4.90 Å². The van der Waals surface area contributed by atoms with Gasteiger partial charge in [0.25, 0.3) is 0 Å². The minimum Gasteiger partial charge on any atom is -0.342 e. The standard InChI is InChI=1S/C37H58N2O3/c1-11-15-33(4,5)17-19-35(8,32(42)39-21-12-13-22-39)20-18-34(6,7)37(10)16-14-29-27(3)31(41)28(25-38)24-36(29,9)30(37)23-26(2)40/h23-24,27,29H,11-22H2,1-10H3/b30-23-/t27-,29-,35-,36-,37+/m0/s1. The van der Waals surface area contributed by atoms with E-state index < -0.39 is 10.8 Å². The molecule has 1 aliphatic heterocycles. The number of nitrogens with zero attached hydrogens (tertiary/aromatic N) is 2. The lowest BCUT2D eigenvalue weighted by molar-refractivity contribution is -0.142. The molecule has 5 heteroatoms. The number of hydrogen-bond acceptors (Lipinski definition) is 4. The van der Waals surface area contributed by atoms with Crippen LogP contribution in [-0.2, 0) is 14.4 Å². The van der Waals surface area contributed by atoms with Crippen LogP contribution in [0.1, 0.15) is 133 Å². The van der Waals surface area contributed by atoms with Crippen LogP contribution >= 0.6 is 0 Å². The predicted molar refractivity (Wildman–Crippen MR) is 170 cm³/mol. The summed E-state index contributed by atoms with van der Waals surface area (Å²) in [5, 5.41) is 9.84. The zero-order valence-electron chi connectivity index (χ0n) is 28.4. The molecule has 0 aromatic heterocycles. The highest BCUT2D eigenvalue weighted by Crippen LogP contribution is 2.65. The molecule has 1 saturated heterocycles. The van der Waals surface area contributed by atoms with Crippen molar-refractivity contribution < 1.29 is 14.4 Å². The predicted octanol–water partition coefficient (Wildman–Crippen LogP) is 8.63. The largest absolute Gasteiger partial charge is 0.342 e. The molecule has 1 saturated carbocycles. The summed E-state index contributed by atoms with van der Waals surface area (Å²) in [7, 11) is 0. The molecule has 0 spiro atoms. The summed E-state index contributed by atoms with van der Waals surface area (Å²) >= 11 is 0. The maximum absolute atomic E-state index is 14.1. The van der Waals surface area contributed by atoms with Gasteiger partial charge >= 0.3 is 0 Å². The third kappa shape index (κ3) is 6.48. The van der Waals surface area contributed by atoms with E-state index in [4.69, 9.17) is 0 Å². The molecule has 3 aliphatic rings. The van der Waals surface area contributed by atoms with E-state index in [-0.39, 0.29) is 45.2 Å². The molecule has 2 aliphatic carbocycles. The van der Waals surface area contributed by atoms with Gasteiger partial charge in [0.05, 0.1) is 5.57 Å². The molecule has 1 amide bonds. The fourth-order valence-corrected chi connectivity index (χ4v) is 8.66. The molecule has 1 heterocycles. The highest BCUT2D eigenvalue weighted by Gasteiger charge is 2.58. The molecule has 0 unspecified atom stereocenters. The smallest absolute Gasteiger partial charge is 0.228 e. The second kappa shape index (κ2) is 12.4. The van der Waals surface area contributed by atoms with E-state index in [9.17, 15) is 19.6 Å². The SMILES string of the molecule is CCCC(C)(C)CC[C@@](C)(CCC(C)(C)[C@]1(C)CC[C@H]2[C@H](C)C(=O)C(C#N)=C[C@]2(C)/C1=C/C(C)=O)C(=O)N1CCCC1. The molecule has 0 bridgehead atoms. The number of amides is 1. The monoisotopic (exact) mass is 578 g/mol. The highest BCUT2D eigenvalue weighted by atomic mass is 16.2. The van der Waals surface area contributed by atoms with Crippen molar-refractivity contribution >= 4 is 17.5 Å². The Bertz CT molecular complexity index is 1160. The van der Waals surface area contributed by atoms with Gasteiger partial charge in [-0.1, -0.05) is 80.4 Å². The molecular weight excluding hydrogens is 520 g/mol. The molecule has 0 radical (unpaired) electrons. The van der Waals surface area contributed by atoms with Gasteiger partial charge in [0.1, 0.15) is 6.07 Å². The summed E-state index contributed by atoms with van der Waals surface area (Å²) < 4.78 is 0. The normalized spacial score (nSPS) is 30.9. The summed E-state index contributed by atoms with van der Waals surface area (Å²) in [6.45, 7) is 23.4. The van der Waals surface area contributed by atoms with E-state index in [0.717, 1.165) is 82.9 Å². The van der Waals surface area contributed by atoms with E-state index in [1.165, 1.54) is 0 Å². The van der Waals surface area contributed by atoms with Gasteiger partial charge in [0.2, 0.25) is 5.91 Å².